The Kier molecular flexibility index (Phi) is 2.14. The van der Waals surface area contributed by atoms with Gasteiger partial charge in [0, 0.05) is 17.3 Å². The van der Waals surface area contributed by atoms with Gasteiger partial charge in [-0.1, -0.05) is 24.3 Å². The number of aromatic nitrogens is 2. The minimum Gasteiger partial charge on any atom is -0.298 e. The Labute approximate surface area is 81.8 Å². The highest BCUT2D eigenvalue weighted by Gasteiger charge is 2.02. The van der Waals surface area contributed by atoms with E-state index in [1.54, 1.807) is 12.1 Å². The lowest BCUT2D eigenvalue weighted by Gasteiger charge is -1.98. The van der Waals surface area contributed by atoms with Crippen LogP contribution in [0.25, 0.3) is 11.1 Å². The smallest absolute Gasteiger partial charge is 0.150 e. The third kappa shape index (κ3) is 1.44. The first-order valence-corrected chi connectivity index (χ1v) is 4.37. The number of hydrogen-bond acceptors (Lipinski definition) is 2. The van der Waals surface area contributed by atoms with Crippen molar-refractivity contribution in [2.24, 2.45) is 0 Å². The van der Waals surface area contributed by atoms with Crippen LogP contribution in [0.1, 0.15) is 16.1 Å². The Balaban J connectivity index is 2.43. The molecule has 3 heteroatoms. The Morgan fingerprint density at radius 2 is 2.00 bits per heavy atom. The molecule has 0 unspecified atom stereocenters. The molecule has 0 atom stereocenters. The fraction of sp³-hybridized carbons (Fsp3) is 0.0909. The molecule has 0 bridgehead atoms. The van der Waals surface area contributed by atoms with Crippen molar-refractivity contribution in [3.63, 3.8) is 0 Å². The van der Waals surface area contributed by atoms with Crippen molar-refractivity contribution in [3.05, 3.63) is 41.7 Å². The zero-order valence-electron chi connectivity index (χ0n) is 7.82. The Bertz CT molecular complexity index is 443. The van der Waals surface area contributed by atoms with Gasteiger partial charge >= 0.3 is 0 Å². The van der Waals surface area contributed by atoms with E-state index in [9.17, 15) is 4.79 Å². The van der Waals surface area contributed by atoms with Gasteiger partial charge in [0.05, 0.1) is 5.69 Å². The summed E-state index contributed by atoms with van der Waals surface area (Å²) in [6, 6.07) is 7.44. The van der Waals surface area contributed by atoms with Crippen LogP contribution in [0.5, 0.6) is 0 Å². The van der Waals surface area contributed by atoms with E-state index in [0.717, 1.165) is 23.1 Å². The van der Waals surface area contributed by atoms with Crippen molar-refractivity contribution >= 4 is 6.29 Å². The second-order valence-corrected chi connectivity index (χ2v) is 3.12. The van der Waals surface area contributed by atoms with Crippen molar-refractivity contribution in [2.75, 3.05) is 0 Å². The first-order chi connectivity index (χ1) is 6.81. The first kappa shape index (κ1) is 8.69. The third-order valence-electron chi connectivity index (χ3n) is 2.19. The number of aldehydes is 1. The number of carbonyl (C=O) groups excluding carboxylic acids is 1. The van der Waals surface area contributed by atoms with Crippen LogP contribution in [0.2, 0.25) is 0 Å². The molecular formula is C11H10N2O. The highest BCUT2D eigenvalue weighted by molar-refractivity contribution is 5.77. The van der Waals surface area contributed by atoms with Gasteiger partial charge in [0.2, 0.25) is 0 Å². The summed E-state index contributed by atoms with van der Waals surface area (Å²) < 4.78 is 0. The van der Waals surface area contributed by atoms with Crippen LogP contribution < -0.4 is 0 Å². The first-order valence-electron chi connectivity index (χ1n) is 4.37. The number of aromatic amines is 1. The number of benzene rings is 1. The van der Waals surface area contributed by atoms with Gasteiger partial charge in [0.15, 0.2) is 0 Å². The minimum atomic E-state index is 0.690. The van der Waals surface area contributed by atoms with Gasteiger partial charge in [0.25, 0.3) is 0 Å². The van der Waals surface area contributed by atoms with E-state index >= 15 is 0 Å². The summed E-state index contributed by atoms with van der Waals surface area (Å²) in [5, 5.41) is 6.85. The summed E-state index contributed by atoms with van der Waals surface area (Å²) in [6.07, 6.45) is 2.69. The van der Waals surface area contributed by atoms with Gasteiger partial charge in [-0.05, 0) is 12.5 Å². The molecule has 1 aromatic carbocycles. The maximum Gasteiger partial charge on any atom is 0.150 e. The van der Waals surface area contributed by atoms with Gasteiger partial charge in [-0.25, -0.2) is 0 Å². The predicted molar refractivity (Wildman–Crippen MR) is 54.1 cm³/mol. The number of carbonyl (C=O) groups is 1. The van der Waals surface area contributed by atoms with Gasteiger partial charge in [-0.15, -0.1) is 0 Å². The lowest BCUT2D eigenvalue weighted by molar-refractivity contribution is 0.112. The molecule has 0 saturated heterocycles. The molecule has 0 amide bonds. The quantitative estimate of drug-likeness (QED) is 0.731. The lowest BCUT2D eigenvalue weighted by Crippen LogP contribution is -1.81. The summed E-state index contributed by atoms with van der Waals surface area (Å²) in [5.41, 5.74) is 3.79. The molecule has 1 heterocycles. The number of rotatable bonds is 2. The van der Waals surface area contributed by atoms with Gasteiger partial charge in [0.1, 0.15) is 6.29 Å². The molecule has 1 aromatic heterocycles. The van der Waals surface area contributed by atoms with Crippen molar-refractivity contribution in [2.45, 2.75) is 6.92 Å². The van der Waals surface area contributed by atoms with Gasteiger partial charge < -0.3 is 0 Å². The van der Waals surface area contributed by atoms with E-state index in [0.29, 0.717) is 5.56 Å². The normalized spacial score (nSPS) is 10.1. The van der Waals surface area contributed by atoms with Gasteiger partial charge in [-0.2, -0.15) is 5.10 Å². The third-order valence-corrected chi connectivity index (χ3v) is 2.19. The molecule has 0 saturated carbocycles. The number of hydrogen-bond donors (Lipinski definition) is 1. The van der Waals surface area contributed by atoms with Crippen LogP contribution in [0.3, 0.4) is 0 Å². The zero-order chi connectivity index (χ0) is 9.97. The van der Waals surface area contributed by atoms with Crippen molar-refractivity contribution in [1.29, 1.82) is 0 Å². The summed E-state index contributed by atoms with van der Waals surface area (Å²) in [7, 11) is 0. The van der Waals surface area contributed by atoms with Crippen LogP contribution >= 0.6 is 0 Å². The fourth-order valence-electron chi connectivity index (χ4n) is 1.39. The Hall–Kier alpha value is -1.90. The molecular weight excluding hydrogens is 176 g/mol. The average Bonchev–Trinajstić information content (AvgIpc) is 2.65. The van der Waals surface area contributed by atoms with E-state index in [4.69, 9.17) is 0 Å². The summed E-state index contributed by atoms with van der Waals surface area (Å²) in [4.78, 5) is 10.5. The van der Waals surface area contributed by atoms with Crippen molar-refractivity contribution in [1.82, 2.24) is 10.2 Å². The minimum absolute atomic E-state index is 0.690. The molecule has 2 aromatic rings. The molecule has 0 spiro atoms. The second kappa shape index (κ2) is 3.46. The van der Waals surface area contributed by atoms with Crippen molar-refractivity contribution < 1.29 is 4.79 Å². The predicted octanol–water partition coefficient (Wildman–Crippen LogP) is 2.20. The molecule has 0 fully saturated rings. The highest BCUT2D eigenvalue weighted by atomic mass is 16.1. The number of H-pyrrole nitrogens is 1. The Morgan fingerprint density at radius 3 is 2.50 bits per heavy atom. The molecule has 2 rings (SSSR count). The lowest BCUT2D eigenvalue weighted by atomic mass is 10.1. The van der Waals surface area contributed by atoms with Crippen LogP contribution in [0.4, 0.5) is 0 Å². The highest BCUT2D eigenvalue weighted by Crippen LogP contribution is 2.21. The maximum absolute atomic E-state index is 10.5. The van der Waals surface area contributed by atoms with Crippen LogP contribution in [0.15, 0.2) is 30.5 Å². The van der Waals surface area contributed by atoms with E-state index in [-0.39, 0.29) is 0 Å². The van der Waals surface area contributed by atoms with Crippen LogP contribution in [-0.4, -0.2) is 16.5 Å². The summed E-state index contributed by atoms with van der Waals surface area (Å²) >= 11 is 0. The van der Waals surface area contributed by atoms with E-state index < -0.39 is 0 Å². The van der Waals surface area contributed by atoms with Gasteiger partial charge in [-0.3, -0.25) is 9.89 Å². The van der Waals surface area contributed by atoms with Crippen molar-refractivity contribution in [3.8, 4) is 11.1 Å². The molecule has 0 aliphatic heterocycles. The average molecular weight is 186 g/mol. The number of nitrogens with zero attached hydrogens (tertiary/aromatic N) is 1. The Morgan fingerprint density at radius 1 is 1.29 bits per heavy atom. The summed E-state index contributed by atoms with van der Waals surface area (Å²) in [6.45, 7) is 1.94. The van der Waals surface area contributed by atoms with E-state index in [2.05, 4.69) is 10.2 Å². The largest absolute Gasteiger partial charge is 0.298 e. The number of aryl methyl sites for hydroxylation is 1. The molecule has 0 radical (unpaired) electrons. The molecule has 14 heavy (non-hydrogen) atoms. The van der Waals surface area contributed by atoms with Crippen LogP contribution in [-0.2, 0) is 0 Å². The second-order valence-electron chi connectivity index (χ2n) is 3.12. The molecule has 0 aliphatic rings. The zero-order valence-corrected chi connectivity index (χ0v) is 7.82. The van der Waals surface area contributed by atoms with Crippen LogP contribution in [0, 0.1) is 6.92 Å². The monoisotopic (exact) mass is 186 g/mol. The molecule has 3 nitrogen and oxygen atoms in total. The summed E-state index contributed by atoms with van der Waals surface area (Å²) in [5.74, 6) is 0. The maximum atomic E-state index is 10.5. The van der Waals surface area contributed by atoms with E-state index in [1.165, 1.54) is 0 Å². The molecule has 70 valence electrons. The topological polar surface area (TPSA) is 45.8 Å². The molecule has 1 N–H and O–H groups in total. The van der Waals surface area contributed by atoms with E-state index in [1.807, 2.05) is 25.3 Å². The standard InChI is InChI=1S/C11H10N2O/c1-8-11(6-12-13-8)10-4-2-9(7-14)3-5-10/h2-7H,1H3,(H,12,13). The molecule has 0 aliphatic carbocycles. The fourth-order valence-corrected chi connectivity index (χ4v) is 1.39. The SMILES string of the molecule is Cc1n[nH]cc1-c1ccc(C=O)cc1. The number of nitrogens with one attached hydrogen (secondary N) is 1.